The van der Waals surface area contributed by atoms with Crippen LogP contribution in [0.5, 0.6) is 0 Å². The van der Waals surface area contributed by atoms with Gasteiger partial charge >= 0.3 is 0 Å². The Balaban J connectivity index is 1.62. The van der Waals surface area contributed by atoms with Crippen molar-refractivity contribution < 1.29 is 0 Å². The third-order valence-corrected chi connectivity index (χ3v) is 5.63. The topological polar surface area (TPSA) is 55.1 Å². The Morgan fingerprint density at radius 3 is 2.41 bits per heavy atom. The van der Waals surface area contributed by atoms with Crippen molar-refractivity contribution in [3.63, 3.8) is 0 Å². The largest absolute Gasteiger partial charge is 0.340 e. The van der Waals surface area contributed by atoms with Crippen molar-refractivity contribution in [2.45, 2.75) is 45.4 Å². The fourth-order valence-electron chi connectivity index (χ4n) is 3.97. The average Bonchev–Trinajstić information content (AvgIpc) is 3.18. The van der Waals surface area contributed by atoms with Gasteiger partial charge in [-0.05, 0) is 49.3 Å². The van der Waals surface area contributed by atoms with E-state index >= 15 is 0 Å². The smallest absolute Gasteiger partial charge is 0.254 e. The maximum atomic E-state index is 4.85. The first-order chi connectivity index (χ1) is 14.2. The molecule has 0 saturated carbocycles. The molecule has 0 unspecified atom stereocenters. The van der Waals surface area contributed by atoms with Gasteiger partial charge in [-0.25, -0.2) is 4.98 Å². The van der Waals surface area contributed by atoms with Crippen LogP contribution in [0.1, 0.15) is 49.4 Å². The second-order valence-corrected chi connectivity index (χ2v) is 8.01. The van der Waals surface area contributed by atoms with Gasteiger partial charge in [-0.15, -0.1) is 5.10 Å². The maximum absolute atomic E-state index is 4.85. The van der Waals surface area contributed by atoms with Gasteiger partial charge in [0.1, 0.15) is 5.82 Å². The van der Waals surface area contributed by atoms with E-state index in [2.05, 4.69) is 43.4 Å². The minimum absolute atomic E-state index is 0.521. The standard InChI is InChI=1S/C24H25N5/c1-16(2)17-12-14-19(15-13-17)25-23-20-10-6-7-11-21(20)26-24-27-22(28-29(23)24)18-8-4-3-5-9-18/h3-5,8-9,12-16,25H,6-7,10-11H2,1-2H3. The predicted octanol–water partition coefficient (Wildman–Crippen LogP) is 5.54. The normalized spacial score (nSPS) is 13.6. The Hall–Kier alpha value is -3.21. The molecule has 0 amide bonds. The molecular formula is C24H25N5. The molecule has 1 N–H and O–H groups in total. The molecule has 5 heteroatoms. The van der Waals surface area contributed by atoms with Crippen LogP contribution in [-0.2, 0) is 12.8 Å². The van der Waals surface area contributed by atoms with Gasteiger partial charge in [-0.2, -0.15) is 9.50 Å². The molecule has 5 rings (SSSR count). The molecule has 146 valence electrons. The lowest BCUT2D eigenvalue weighted by molar-refractivity contribution is 0.662. The first kappa shape index (κ1) is 17.9. The third kappa shape index (κ3) is 3.37. The minimum Gasteiger partial charge on any atom is -0.340 e. The van der Waals surface area contributed by atoms with Gasteiger partial charge in [0.05, 0.1) is 5.69 Å². The van der Waals surface area contributed by atoms with Crippen molar-refractivity contribution in [3.05, 3.63) is 71.4 Å². The molecule has 0 bridgehead atoms. The lowest BCUT2D eigenvalue weighted by atomic mass is 9.96. The maximum Gasteiger partial charge on any atom is 0.254 e. The van der Waals surface area contributed by atoms with Crippen LogP contribution in [0, 0.1) is 0 Å². The molecule has 5 nitrogen and oxygen atoms in total. The Bertz CT molecular complexity index is 1140. The Morgan fingerprint density at radius 1 is 0.897 bits per heavy atom. The number of rotatable bonds is 4. The molecule has 1 aliphatic rings. The molecule has 2 aromatic carbocycles. The van der Waals surface area contributed by atoms with Crippen LogP contribution in [0.3, 0.4) is 0 Å². The number of aryl methyl sites for hydroxylation is 1. The summed E-state index contributed by atoms with van der Waals surface area (Å²) >= 11 is 0. The van der Waals surface area contributed by atoms with E-state index in [1.165, 1.54) is 24.0 Å². The number of benzene rings is 2. The summed E-state index contributed by atoms with van der Waals surface area (Å²) in [6.45, 7) is 4.43. The van der Waals surface area contributed by atoms with Crippen molar-refractivity contribution in [1.29, 1.82) is 0 Å². The molecule has 0 radical (unpaired) electrons. The molecule has 0 atom stereocenters. The molecule has 4 aromatic rings. The van der Waals surface area contributed by atoms with E-state index in [1.54, 1.807) is 0 Å². The van der Waals surface area contributed by atoms with Crippen LogP contribution in [0.15, 0.2) is 54.6 Å². The molecule has 0 saturated heterocycles. The number of anilines is 2. The van der Waals surface area contributed by atoms with Crippen LogP contribution < -0.4 is 5.32 Å². The van der Waals surface area contributed by atoms with Crippen LogP contribution in [-0.4, -0.2) is 19.6 Å². The molecule has 0 fully saturated rings. The zero-order valence-corrected chi connectivity index (χ0v) is 16.9. The van der Waals surface area contributed by atoms with Gasteiger partial charge in [-0.3, -0.25) is 0 Å². The molecule has 29 heavy (non-hydrogen) atoms. The van der Waals surface area contributed by atoms with Crippen molar-refractivity contribution in [2.75, 3.05) is 5.32 Å². The zero-order valence-electron chi connectivity index (χ0n) is 16.9. The second-order valence-electron chi connectivity index (χ2n) is 8.01. The predicted molar refractivity (Wildman–Crippen MR) is 117 cm³/mol. The minimum atomic E-state index is 0.521. The van der Waals surface area contributed by atoms with Crippen LogP contribution in [0.4, 0.5) is 11.5 Å². The zero-order chi connectivity index (χ0) is 19.8. The van der Waals surface area contributed by atoms with Gasteiger partial charge in [0, 0.05) is 16.8 Å². The van der Waals surface area contributed by atoms with Gasteiger partial charge in [0.2, 0.25) is 0 Å². The molecule has 2 aromatic heterocycles. The quantitative estimate of drug-likeness (QED) is 0.503. The first-order valence-corrected chi connectivity index (χ1v) is 10.4. The summed E-state index contributed by atoms with van der Waals surface area (Å²) in [5.41, 5.74) is 5.82. The van der Waals surface area contributed by atoms with E-state index in [-0.39, 0.29) is 0 Å². The van der Waals surface area contributed by atoms with E-state index in [1.807, 2.05) is 34.8 Å². The SMILES string of the molecule is CC(C)c1ccc(Nc2c3c(nc4nc(-c5ccccc5)nn24)CCCC3)cc1. The molecule has 1 aliphatic carbocycles. The van der Waals surface area contributed by atoms with E-state index in [0.717, 1.165) is 35.6 Å². The summed E-state index contributed by atoms with van der Waals surface area (Å²) in [4.78, 5) is 9.58. The highest BCUT2D eigenvalue weighted by Gasteiger charge is 2.21. The summed E-state index contributed by atoms with van der Waals surface area (Å²) in [6, 6.07) is 18.8. The van der Waals surface area contributed by atoms with Crippen molar-refractivity contribution in [3.8, 4) is 11.4 Å². The van der Waals surface area contributed by atoms with Crippen molar-refractivity contribution >= 4 is 17.3 Å². The number of hydrogen-bond donors (Lipinski definition) is 1. The average molecular weight is 383 g/mol. The Morgan fingerprint density at radius 2 is 1.66 bits per heavy atom. The van der Waals surface area contributed by atoms with Gasteiger partial charge < -0.3 is 5.32 Å². The fourth-order valence-corrected chi connectivity index (χ4v) is 3.97. The fraction of sp³-hybridized carbons (Fsp3) is 0.292. The van der Waals surface area contributed by atoms with Gasteiger partial charge in [0.25, 0.3) is 5.78 Å². The van der Waals surface area contributed by atoms with Crippen LogP contribution in [0.25, 0.3) is 17.2 Å². The van der Waals surface area contributed by atoms with Crippen molar-refractivity contribution in [2.24, 2.45) is 0 Å². The third-order valence-electron chi connectivity index (χ3n) is 5.63. The summed E-state index contributed by atoms with van der Waals surface area (Å²) in [7, 11) is 0. The highest BCUT2D eigenvalue weighted by molar-refractivity contribution is 5.65. The monoisotopic (exact) mass is 383 g/mol. The van der Waals surface area contributed by atoms with Crippen LogP contribution >= 0.6 is 0 Å². The lowest BCUT2D eigenvalue weighted by Gasteiger charge is -2.20. The molecule has 2 heterocycles. The molecule has 0 aliphatic heterocycles. The van der Waals surface area contributed by atoms with Crippen molar-refractivity contribution in [1.82, 2.24) is 19.6 Å². The van der Waals surface area contributed by atoms with E-state index in [9.17, 15) is 0 Å². The number of aromatic nitrogens is 4. The van der Waals surface area contributed by atoms with E-state index < -0.39 is 0 Å². The number of nitrogens with zero attached hydrogens (tertiary/aromatic N) is 4. The van der Waals surface area contributed by atoms with Gasteiger partial charge in [0.15, 0.2) is 5.82 Å². The molecular weight excluding hydrogens is 358 g/mol. The van der Waals surface area contributed by atoms with Gasteiger partial charge in [-0.1, -0.05) is 56.3 Å². The van der Waals surface area contributed by atoms with Crippen LogP contribution in [0.2, 0.25) is 0 Å². The second kappa shape index (κ2) is 7.32. The summed E-state index contributed by atoms with van der Waals surface area (Å²) in [5.74, 6) is 2.88. The number of nitrogens with one attached hydrogen (secondary N) is 1. The van der Waals surface area contributed by atoms with E-state index in [4.69, 9.17) is 15.1 Å². The summed E-state index contributed by atoms with van der Waals surface area (Å²) in [6.07, 6.45) is 4.38. The highest BCUT2D eigenvalue weighted by Crippen LogP contribution is 2.31. The highest BCUT2D eigenvalue weighted by atomic mass is 15.4. The van der Waals surface area contributed by atoms with E-state index in [0.29, 0.717) is 17.5 Å². The summed E-state index contributed by atoms with van der Waals surface area (Å²) < 4.78 is 1.88. The lowest BCUT2D eigenvalue weighted by Crippen LogP contribution is -2.13. The number of fused-ring (bicyclic) bond motifs is 2. The Kier molecular flexibility index (Phi) is 4.51. The number of hydrogen-bond acceptors (Lipinski definition) is 4. The first-order valence-electron chi connectivity index (χ1n) is 10.4. The Labute approximate surface area is 170 Å². The molecule has 0 spiro atoms. The summed E-state index contributed by atoms with van der Waals surface area (Å²) in [5, 5.41) is 8.44.